The summed E-state index contributed by atoms with van der Waals surface area (Å²) in [6, 6.07) is 0. The molecule has 5 heteroatoms. The number of amides is 1. The molecule has 1 aromatic heterocycles. The van der Waals surface area contributed by atoms with Gasteiger partial charge in [0.1, 0.15) is 5.82 Å². The molecule has 3 rings (SSSR count). The molecule has 1 atom stereocenters. The Balaban J connectivity index is 1.56. The van der Waals surface area contributed by atoms with Crippen LogP contribution in [0.5, 0.6) is 0 Å². The van der Waals surface area contributed by atoms with Crippen molar-refractivity contribution in [3.63, 3.8) is 0 Å². The van der Waals surface area contributed by atoms with Gasteiger partial charge in [-0.2, -0.15) is 11.8 Å². The molecule has 0 aromatic carbocycles. The molecular weight excluding hydrogens is 270 g/mol. The van der Waals surface area contributed by atoms with E-state index in [9.17, 15) is 4.79 Å². The minimum Gasteiger partial charge on any atom is -0.354 e. The van der Waals surface area contributed by atoms with Crippen LogP contribution in [0.25, 0.3) is 0 Å². The molecule has 2 N–H and O–H groups in total. The Kier molecular flexibility index (Phi) is 3.80. The molecule has 1 aromatic rings. The first-order valence-corrected chi connectivity index (χ1v) is 8.71. The van der Waals surface area contributed by atoms with Gasteiger partial charge in [-0.25, -0.2) is 4.98 Å². The van der Waals surface area contributed by atoms with Crippen LogP contribution in [-0.2, 0) is 17.6 Å². The third-order valence-electron chi connectivity index (χ3n) is 4.82. The normalized spacial score (nSPS) is 23.8. The van der Waals surface area contributed by atoms with Crippen molar-refractivity contribution in [2.75, 3.05) is 12.8 Å². The first kappa shape index (κ1) is 14.0. The van der Waals surface area contributed by atoms with E-state index in [1.807, 2.05) is 18.7 Å². The van der Waals surface area contributed by atoms with Crippen LogP contribution in [0.4, 0.5) is 0 Å². The highest BCUT2D eigenvalue weighted by Gasteiger charge is 2.37. The summed E-state index contributed by atoms with van der Waals surface area (Å²) in [5.41, 5.74) is 2.32. The summed E-state index contributed by atoms with van der Waals surface area (Å²) in [4.78, 5) is 20.1. The van der Waals surface area contributed by atoms with Gasteiger partial charge < -0.3 is 10.3 Å². The summed E-state index contributed by atoms with van der Waals surface area (Å²) in [5.74, 6) is 1.30. The molecule has 1 fully saturated rings. The summed E-state index contributed by atoms with van der Waals surface area (Å²) in [7, 11) is 0. The molecule has 4 nitrogen and oxygen atoms in total. The number of hydrogen-bond acceptors (Lipinski definition) is 3. The van der Waals surface area contributed by atoms with E-state index in [4.69, 9.17) is 0 Å². The lowest BCUT2D eigenvalue weighted by Gasteiger charge is -2.40. The number of imidazole rings is 1. The zero-order valence-electron chi connectivity index (χ0n) is 12.3. The number of nitrogens with zero attached hydrogens (tertiary/aromatic N) is 1. The average Bonchev–Trinajstić information content (AvgIpc) is 2.76. The Morgan fingerprint density at radius 2 is 2.35 bits per heavy atom. The Labute approximate surface area is 124 Å². The van der Waals surface area contributed by atoms with Crippen LogP contribution in [0.2, 0.25) is 0 Å². The van der Waals surface area contributed by atoms with E-state index in [0.29, 0.717) is 4.75 Å². The van der Waals surface area contributed by atoms with Gasteiger partial charge >= 0.3 is 0 Å². The van der Waals surface area contributed by atoms with Crippen molar-refractivity contribution in [2.24, 2.45) is 5.92 Å². The van der Waals surface area contributed by atoms with Crippen LogP contribution in [0.15, 0.2) is 0 Å². The first-order valence-electron chi connectivity index (χ1n) is 7.49. The molecule has 1 saturated carbocycles. The van der Waals surface area contributed by atoms with E-state index >= 15 is 0 Å². The van der Waals surface area contributed by atoms with Gasteiger partial charge in [0.05, 0.1) is 5.69 Å². The van der Waals surface area contributed by atoms with Crippen molar-refractivity contribution in [1.29, 1.82) is 0 Å². The number of aromatic amines is 1. The molecule has 110 valence electrons. The number of fused-ring (bicyclic) bond motifs is 1. The van der Waals surface area contributed by atoms with Gasteiger partial charge in [-0.15, -0.1) is 0 Å². The molecule has 0 saturated heterocycles. The largest absolute Gasteiger partial charge is 0.354 e. The molecule has 0 bridgehead atoms. The van der Waals surface area contributed by atoms with Crippen molar-refractivity contribution >= 4 is 17.7 Å². The van der Waals surface area contributed by atoms with Crippen LogP contribution >= 0.6 is 11.8 Å². The summed E-state index contributed by atoms with van der Waals surface area (Å²) in [5, 5.41) is 3.19. The Hall–Kier alpha value is -0.970. The highest BCUT2D eigenvalue weighted by atomic mass is 32.2. The topological polar surface area (TPSA) is 57.8 Å². The van der Waals surface area contributed by atoms with Crippen molar-refractivity contribution in [1.82, 2.24) is 15.3 Å². The van der Waals surface area contributed by atoms with Crippen molar-refractivity contribution in [2.45, 2.75) is 50.2 Å². The van der Waals surface area contributed by atoms with Gasteiger partial charge in [-0.05, 0) is 38.9 Å². The molecule has 1 unspecified atom stereocenters. The monoisotopic (exact) mass is 293 g/mol. The van der Waals surface area contributed by atoms with Crippen molar-refractivity contribution in [3.8, 4) is 0 Å². The fourth-order valence-corrected chi connectivity index (χ4v) is 4.18. The van der Waals surface area contributed by atoms with Gasteiger partial charge in [0.15, 0.2) is 0 Å². The highest BCUT2D eigenvalue weighted by molar-refractivity contribution is 8.00. The zero-order valence-corrected chi connectivity index (χ0v) is 13.1. The summed E-state index contributed by atoms with van der Waals surface area (Å²) >= 11 is 1.91. The molecule has 2 aliphatic rings. The first-order chi connectivity index (χ1) is 9.62. The lowest BCUT2D eigenvalue weighted by molar-refractivity contribution is -0.125. The summed E-state index contributed by atoms with van der Waals surface area (Å²) in [6.45, 7) is 2.81. The fraction of sp³-hybridized carbons (Fsp3) is 0.733. The van der Waals surface area contributed by atoms with E-state index in [2.05, 4.69) is 21.5 Å². The number of carbonyl (C=O) groups excluding carboxylic acids is 1. The molecule has 0 radical (unpaired) electrons. The fourth-order valence-electron chi connectivity index (χ4n) is 3.26. The maximum Gasteiger partial charge on any atom is 0.223 e. The highest BCUT2D eigenvalue weighted by Crippen LogP contribution is 2.42. The molecule has 2 aliphatic carbocycles. The predicted molar refractivity (Wildman–Crippen MR) is 81.9 cm³/mol. The van der Waals surface area contributed by atoms with E-state index in [-0.39, 0.29) is 11.8 Å². The number of rotatable bonds is 4. The van der Waals surface area contributed by atoms with Gasteiger partial charge in [0.2, 0.25) is 5.91 Å². The minimum absolute atomic E-state index is 0.112. The summed E-state index contributed by atoms with van der Waals surface area (Å²) in [6.07, 6.45) is 8.60. The van der Waals surface area contributed by atoms with Crippen molar-refractivity contribution < 1.29 is 4.79 Å². The number of aromatic nitrogens is 2. The lowest BCUT2D eigenvalue weighted by Crippen LogP contribution is -2.47. The number of H-pyrrole nitrogens is 1. The lowest BCUT2D eigenvalue weighted by atomic mass is 9.83. The van der Waals surface area contributed by atoms with E-state index in [1.165, 1.54) is 19.3 Å². The van der Waals surface area contributed by atoms with Gasteiger partial charge in [0, 0.05) is 29.3 Å². The minimum atomic E-state index is 0.112. The van der Waals surface area contributed by atoms with Crippen LogP contribution < -0.4 is 5.32 Å². The third kappa shape index (κ3) is 2.60. The van der Waals surface area contributed by atoms with E-state index in [0.717, 1.165) is 43.0 Å². The average molecular weight is 293 g/mol. The zero-order chi connectivity index (χ0) is 14.2. The number of carbonyl (C=O) groups is 1. The molecular formula is C15H23N3OS. The molecule has 1 heterocycles. The van der Waals surface area contributed by atoms with Crippen LogP contribution in [0.1, 0.15) is 42.9 Å². The second-order valence-corrected chi connectivity index (χ2v) is 7.42. The Morgan fingerprint density at radius 1 is 1.55 bits per heavy atom. The van der Waals surface area contributed by atoms with Crippen LogP contribution in [-0.4, -0.2) is 33.4 Å². The molecule has 0 spiro atoms. The standard InChI is InChI=1S/C15H23N3OS/c1-10-17-12-5-4-11(8-13(12)18-10)14(19)16-9-15(20-2)6-3-7-15/h11H,3-9H2,1-2H3,(H,16,19)(H,17,18). The Bertz CT molecular complexity index is 502. The van der Waals surface area contributed by atoms with E-state index in [1.54, 1.807) is 0 Å². The number of aryl methyl sites for hydroxylation is 2. The smallest absolute Gasteiger partial charge is 0.223 e. The predicted octanol–water partition coefficient (Wildman–Crippen LogP) is 2.22. The van der Waals surface area contributed by atoms with E-state index < -0.39 is 0 Å². The SMILES string of the molecule is CSC1(CNC(=O)C2CCc3nc(C)[nH]c3C2)CCC1. The third-order valence-corrected chi connectivity index (χ3v) is 6.23. The van der Waals surface area contributed by atoms with Gasteiger partial charge in [-0.3, -0.25) is 4.79 Å². The molecule has 20 heavy (non-hydrogen) atoms. The molecule has 1 amide bonds. The maximum absolute atomic E-state index is 12.4. The van der Waals surface area contributed by atoms with Crippen LogP contribution in [0, 0.1) is 12.8 Å². The van der Waals surface area contributed by atoms with Gasteiger partial charge in [-0.1, -0.05) is 6.42 Å². The molecule has 0 aliphatic heterocycles. The number of hydrogen-bond donors (Lipinski definition) is 2. The van der Waals surface area contributed by atoms with Crippen molar-refractivity contribution in [3.05, 3.63) is 17.2 Å². The second kappa shape index (κ2) is 5.43. The van der Waals surface area contributed by atoms with Gasteiger partial charge in [0.25, 0.3) is 0 Å². The van der Waals surface area contributed by atoms with Crippen LogP contribution in [0.3, 0.4) is 0 Å². The maximum atomic E-state index is 12.4. The number of thioether (sulfide) groups is 1. The Morgan fingerprint density at radius 3 is 3.00 bits per heavy atom. The number of nitrogens with one attached hydrogen (secondary N) is 2. The second-order valence-electron chi connectivity index (χ2n) is 6.15. The quantitative estimate of drug-likeness (QED) is 0.895. The summed E-state index contributed by atoms with van der Waals surface area (Å²) < 4.78 is 0.320.